The van der Waals surface area contributed by atoms with E-state index in [0.717, 1.165) is 20.5 Å². The van der Waals surface area contributed by atoms with Gasteiger partial charge in [-0.25, -0.2) is 4.98 Å². The number of thiophene rings is 1. The Balaban J connectivity index is 1.26. The topological polar surface area (TPSA) is 89.6 Å². The van der Waals surface area contributed by atoms with Crippen LogP contribution in [0.4, 0.5) is 0 Å². The van der Waals surface area contributed by atoms with E-state index in [1.54, 1.807) is 40.9 Å². The summed E-state index contributed by atoms with van der Waals surface area (Å²) < 4.78 is 10.5. The van der Waals surface area contributed by atoms with E-state index in [0.29, 0.717) is 23.6 Å². The van der Waals surface area contributed by atoms with Crippen molar-refractivity contribution in [2.24, 2.45) is 0 Å². The molecule has 2 N–H and O–H groups in total. The van der Waals surface area contributed by atoms with Gasteiger partial charge in [-0.1, -0.05) is 0 Å². The minimum absolute atomic E-state index is 0.100. The zero-order chi connectivity index (χ0) is 19.5. The Morgan fingerprint density at radius 3 is 2.82 bits per heavy atom. The second-order valence-corrected chi connectivity index (χ2v) is 8.28. The van der Waals surface area contributed by atoms with Crippen LogP contribution in [0.5, 0.6) is 11.5 Å². The fraction of sp³-hybridized carbons (Fsp3) is 0.211. The summed E-state index contributed by atoms with van der Waals surface area (Å²) in [6.07, 6.45) is 0. The molecule has 2 amide bonds. The average Bonchev–Trinajstić information content (AvgIpc) is 3.43. The first-order chi connectivity index (χ1) is 13.6. The fourth-order valence-corrected chi connectivity index (χ4v) is 4.23. The third kappa shape index (κ3) is 4.15. The summed E-state index contributed by atoms with van der Waals surface area (Å²) >= 11 is 3.20. The number of aromatic nitrogens is 1. The van der Waals surface area contributed by atoms with Crippen LogP contribution in [0, 0.1) is 6.92 Å². The molecular weight excluding hydrogens is 398 g/mol. The maximum absolute atomic E-state index is 12.2. The SMILES string of the molecule is Cc1nc(-c2ccc(CNC(=O)CNC(=O)c3ccc4c(c3)OCO4)s2)cs1. The molecule has 3 aromatic rings. The van der Waals surface area contributed by atoms with E-state index < -0.39 is 0 Å². The molecule has 1 aliphatic rings. The Labute approximate surface area is 169 Å². The molecule has 28 heavy (non-hydrogen) atoms. The van der Waals surface area contributed by atoms with Crippen molar-refractivity contribution >= 4 is 34.5 Å². The number of aryl methyl sites for hydroxylation is 1. The van der Waals surface area contributed by atoms with Crippen molar-refractivity contribution in [3.63, 3.8) is 0 Å². The quantitative estimate of drug-likeness (QED) is 0.646. The Kier molecular flexibility index (Phi) is 5.27. The third-order valence-corrected chi connectivity index (χ3v) is 5.92. The highest BCUT2D eigenvalue weighted by atomic mass is 32.1. The zero-order valence-electron chi connectivity index (χ0n) is 15.0. The number of hydrogen-bond donors (Lipinski definition) is 2. The second kappa shape index (κ2) is 7.99. The van der Waals surface area contributed by atoms with Gasteiger partial charge < -0.3 is 20.1 Å². The van der Waals surface area contributed by atoms with Gasteiger partial charge in [0, 0.05) is 15.8 Å². The highest BCUT2D eigenvalue weighted by Gasteiger charge is 2.16. The number of amides is 2. The van der Waals surface area contributed by atoms with Gasteiger partial charge in [0.15, 0.2) is 11.5 Å². The Bertz CT molecular complexity index is 1030. The van der Waals surface area contributed by atoms with E-state index in [1.165, 1.54) is 0 Å². The predicted molar refractivity (Wildman–Crippen MR) is 107 cm³/mol. The number of carbonyl (C=O) groups is 2. The zero-order valence-corrected chi connectivity index (χ0v) is 16.6. The summed E-state index contributed by atoms with van der Waals surface area (Å²) in [5.74, 6) is 0.539. The van der Waals surface area contributed by atoms with Crippen molar-refractivity contribution < 1.29 is 19.1 Å². The summed E-state index contributed by atoms with van der Waals surface area (Å²) in [7, 11) is 0. The highest BCUT2D eigenvalue weighted by molar-refractivity contribution is 7.16. The van der Waals surface area contributed by atoms with E-state index in [2.05, 4.69) is 15.6 Å². The molecule has 1 aromatic carbocycles. The Hall–Kier alpha value is -2.91. The molecule has 3 heterocycles. The molecule has 0 saturated carbocycles. The predicted octanol–water partition coefficient (Wildman–Crippen LogP) is 2.95. The first kappa shape index (κ1) is 18.5. The number of carbonyl (C=O) groups excluding carboxylic acids is 2. The minimum atomic E-state index is -0.342. The van der Waals surface area contributed by atoms with Crippen LogP contribution in [-0.2, 0) is 11.3 Å². The van der Waals surface area contributed by atoms with E-state index in [-0.39, 0.29) is 25.2 Å². The second-order valence-electron chi connectivity index (χ2n) is 6.05. The first-order valence-electron chi connectivity index (χ1n) is 8.54. The summed E-state index contributed by atoms with van der Waals surface area (Å²) in [6, 6.07) is 8.88. The van der Waals surface area contributed by atoms with Crippen LogP contribution in [0.15, 0.2) is 35.7 Å². The molecule has 0 saturated heterocycles. The summed E-state index contributed by atoms with van der Waals surface area (Å²) in [5.41, 5.74) is 1.37. The molecule has 0 unspecified atom stereocenters. The van der Waals surface area contributed by atoms with Crippen LogP contribution >= 0.6 is 22.7 Å². The summed E-state index contributed by atoms with van der Waals surface area (Å²) in [6.45, 7) is 2.43. The molecule has 0 fully saturated rings. The van der Waals surface area contributed by atoms with E-state index in [4.69, 9.17) is 9.47 Å². The van der Waals surface area contributed by atoms with E-state index in [9.17, 15) is 9.59 Å². The van der Waals surface area contributed by atoms with Crippen LogP contribution in [0.3, 0.4) is 0 Å². The summed E-state index contributed by atoms with van der Waals surface area (Å²) in [4.78, 5) is 30.8. The van der Waals surface area contributed by atoms with Gasteiger partial charge in [-0.2, -0.15) is 0 Å². The van der Waals surface area contributed by atoms with Crippen molar-refractivity contribution in [3.05, 3.63) is 51.2 Å². The van der Waals surface area contributed by atoms with Gasteiger partial charge >= 0.3 is 0 Å². The molecule has 1 aliphatic heterocycles. The largest absolute Gasteiger partial charge is 0.454 e. The molecule has 144 valence electrons. The van der Waals surface area contributed by atoms with E-state index >= 15 is 0 Å². The molecular formula is C19H17N3O4S2. The van der Waals surface area contributed by atoms with Crippen LogP contribution in [0.25, 0.3) is 10.6 Å². The number of nitrogens with zero attached hydrogens (tertiary/aromatic N) is 1. The summed E-state index contributed by atoms with van der Waals surface area (Å²) in [5, 5.41) is 8.47. The standard InChI is InChI=1S/C19H17N3O4S2/c1-11-22-14(9-27-11)17-5-3-13(28-17)7-20-18(23)8-21-19(24)12-2-4-15-16(6-12)26-10-25-15/h2-6,9H,7-8,10H2,1H3,(H,20,23)(H,21,24). The molecule has 2 aromatic heterocycles. The first-order valence-corrected chi connectivity index (χ1v) is 10.2. The van der Waals surface area contributed by atoms with Gasteiger partial charge in [0.25, 0.3) is 5.91 Å². The number of hydrogen-bond acceptors (Lipinski definition) is 7. The van der Waals surface area contributed by atoms with Crippen molar-refractivity contribution in [2.45, 2.75) is 13.5 Å². The molecule has 0 spiro atoms. The molecule has 9 heteroatoms. The molecule has 0 radical (unpaired) electrons. The third-order valence-electron chi connectivity index (χ3n) is 4.04. The fourth-order valence-electron chi connectivity index (χ4n) is 2.64. The van der Waals surface area contributed by atoms with Crippen LogP contribution in [0.2, 0.25) is 0 Å². The number of thiazole rings is 1. The van der Waals surface area contributed by atoms with Crippen molar-refractivity contribution in [3.8, 4) is 22.1 Å². The molecule has 0 atom stereocenters. The number of nitrogens with one attached hydrogen (secondary N) is 2. The lowest BCUT2D eigenvalue weighted by Crippen LogP contribution is -2.36. The molecule has 4 rings (SSSR count). The van der Waals surface area contributed by atoms with Gasteiger partial charge in [-0.3, -0.25) is 9.59 Å². The lowest BCUT2D eigenvalue weighted by Gasteiger charge is -2.07. The maximum atomic E-state index is 12.2. The van der Waals surface area contributed by atoms with Crippen molar-refractivity contribution in [2.75, 3.05) is 13.3 Å². The van der Waals surface area contributed by atoms with Gasteiger partial charge in [0.1, 0.15) is 0 Å². The van der Waals surface area contributed by atoms with Crippen LogP contribution in [-0.4, -0.2) is 30.1 Å². The lowest BCUT2D eigenvalue weighted by molar-refractivity contribution is -0.120. The van der Waals surface area contributed by atoms with Gasteiger partial charge in [-0.15, -0.1) is 22.7 Å². The number of rotatable bonds is 6. The van der Waals surface area contributed by atoms with Crippen molar-refractivity contribution in [1.29, 1.82) is 0 Å². The maximum Gasteiger partial charge on any atom is 0.251 e. The van der Waals surface area contributed by atoms with Crippen molar-refractivity contribution in [1.82, 2.24) is 15.6 Å². The minimum Gasteiger partial charge on any atom is -0.454 e. The Morgan fingerprint density at radius 1 is 1.14 bits per heavy atom. The van der Waals surface area contributed by atoms with E-state index in [1.807, 2.05) is 24.4 Å². The lowest BCUT2D eigenvalue weighted by atomic mass is 10.2. The number of fused-ring (bicyclic) bond motifs is 1. The monoisotopic (exact) mass is 415 g/mol. The number of benzene rings is 1. The van der Waals surface area contributed by atoms with Gasteiger partial charge in [0.05, 0.1) is 28.7 Å². The smallest absolute Gasteiger partial charge is 0.251 e. The Morgan fingerprint density at radius 2 is 2.00 bits per heavy atom. The highest BCUT2D eigenvalue weighted by Crippen LogP contribution is 2.32. The average molecular weight is 415 g/mol. The molecule has 7 nitrogen and oxygen atoms in total. The van der Waals surface area contributed by atoms with Crippen LogP contribution < -0.4 is 20.1 Å². The van der Waals surface area contributed by atoms with Gasteiger partial charge in [0.2, 0.25) is 12.7 Å². The number of ether oxygens (including phenoxy) is 2. The normalized spacial score (nSPS) is 12.0. The van der Waals surface area contributed by atoms with Gasteiger partial charge in [-0.05, 0) is 37.3 Å². The molecule has 0 bridgehead atoms. The molecule has 0 aliphatic carbocycles. The van der Waals surface area contributed by atoms with Crippen LogP contribution in [0.1, 0.15) is 20.2 Å².